The predicted molar refractivity (Wildman–Crippen MR) is 89.8 cm³/mol. The van der Waals surface area contributed by atoms with Crippen LogP contribution in [0.2, 0.25) is 10.0 Å². The summed E-state index contributed by atoms with van der Waals surface area (Å²) >= 11 is 11.7. The van der Waals surface area contributed by atoms with E-state index in [4.69, 9.17) is 27.9 Å². The van der Waals surface area contributed by atoms with Crippen LogP contribution in [0.3, 0.4) is 0 Å². The van der Waals surface area contributed by atoms with Gasteiger partial charge in [0.2, 0.25) is 5.60 Å². The molecule has 0 saturated carbocycles. The van der Waals surface area contributed by atoms with Crippen LogP contribution in [0.25, 0.3) is 0 Å². The lowest BCUT2D eigenvalue weighted by molar-refractivity contribution is -0.161. The Labute approximate surface area is 145 Å². The van der Waals surface area contributed by atoms with Gasteiger partial charge in [0.25, 0.3) is 0 Å². The summed E-state index contributed by atoms with van der Waals surface area (Å²) in [7, 11) is 0. The summed E-state index contributed by atoms with van der Waals surface area (Å²) in [4.78, 5) is 12.3. The van der Waals surface area contributed by atoms with Gasteiger partial charge in [0.05, 0.1) is 6.61 Å². The minimum atomic E-state index is -1.90. The first kappa shape index (κ1) is 18.8. The molecule has 0 heterocycles. The Morgan fingerprint density at radius 1 is 1.00 bits per heavy atom. The summed E-state index contributed by atoms with van der Waals surface area (Å²) in [5.74, 6) is -0.741. The quantitative estimate of drug-likeness (QED) is 0.830. The van der Waals surface area contributed by atoms with Crippen LogP contribution in [-0.2, 0) is 15.1 Å². The lowest BCUT2D eigenvalue weighted by Crippen LogP contribution is -2.38. The van der Waals surface area contributed by atoms with Crippen LogP contribution < -0.4 is 0 Å². The van der Waals surface area contributed by atoms with Crippen molar-refractivity contribution in [3.8, 4) is 0 Å². The van der Waals surface area contributed by atoms with E-state index >= 15 is 0 Å². The third-order valence-electron chi connectivity index (χ3n) is 3.09. The molecule has 0 aliphatic heterocycles. The molecule has 2 aromatic rings. The van der Waals surface area contributed by atoms with Gasteiger partial charge in [-0.1, -0.05) is 47.5 Å². The number of hydrogen-bond donors (Lipinski definition) is 1. The largest absolute Gasteiger partial charge is 0.463 e. The van der Waals surface area contributed by atoms with Gasteiger partial charge in [-0.05, 0) is 42.3 Å². The maximum atomic E-state index is 12.3. The maximum Gasteiger partial charge on any atom is 0.347 e. The first-order valence-corrected chi connectivity index (χ1v) is 7.15. The number of esters is 1. The van der Waals surface area contributed by atoms with Gasteiger partial charge in [0.1, 0.15) is 0 Å². The molecule has 0 atom stereocenters. The molecule has 1 N–H and O–H groups in total. The van der Waals surface area contributed by atoms with Gasteiger partial charge in [0, 0.05) is 10.0 Å². The zero-order valence-electron chi connectivity index (χ0n) is 11.8. The number of aliphatic hydroxyl groups is 1. The highest BCUT2D eigenvalue weighted by Gasteiger charge is 2.41. The lowest BCUT2D eigenvalue weighted by Gasteiger charge is -2.27. The van der Waals surface area contributed by atoms with Crippen molar-refractivity contribution in [3.05, 3.63) is 69.7 Å². The molecule has 0 amide bonds. The molecule has 0 aliphatic rings. The summed E-state index contributed by atoms with van der Waals surface area (Å²) in [5, 5.41) is 12.0. The number of hydrogen-bond acceptors (Lipinski definition) is 3. The molecule has 0 bridgehead atoms. The van der Waals surface area contributed by atoms with Crippen molar-refractivity contribution in [3.63, 3.8) is 0 Å². The van der Waals surface area contributed by atoms with Crippen molar-refractivity contribution < 1.29 is 14.6 Å². The number of carbonyl (C=O) groups excluding carboxylic acids is 1. The van der Waals surface area contributed by atoms with E-state index in [9.17, 15) is 9.90 Å². The van der Waals surface area contributed by atoms with E-state index in [1.165, 1.54) is 0 Å². The number of halogens is 3. The van der Waals surface area contributed by atoms with E-state index in [0.29, 0.717) is 21.2 Å². The van der Waals surface area contributed by atoms with Crippen molar-refractivity contribution in [2.45, 2.75) is 12.5 Å². The average molecular weight is 362 g/mol. The highest BCUT2D eigenvalue weighted by atomic mass is 35.5. The smallest absolute Gasteiger partial charge is 0.347 e. The van der Waals surface area contributed by atoms with Crippen LogP contribution in [0.5, 0.6) is 0 Å². The number of rotatable bonds is 4. The molecule has 0 unspecified atom stereocenters. The van der Waals surface area contributed by atoms with Gasteiger partial charge in [-0.25, -0.2) is 4.79 Å². The SMILES string of the molecule is CCOC(=O)C(O)(c1ccc(Cl)cc1)c1ccc(Cl)cc1.Cl. The molecular weight excluding hydrogens is 347 g/mol. The lowest BCUT2D eigenvalue weighted by atomic mass is 9.86. The van der Waals surface area contributed by atoms with Crippen LogP contribution in [0.1, 0.15) is 18.1 Å². The molecule has 6 heteroatoms. The monoisotopic (exact) mass is 360 g/mol. The van der Waals surface area contributed by atoms with Gasteiger partial charge in [-0.3, -0.25) is 0 Å². The standard InChI is InChI=1S/C16H14Cl2O3.ClH/c1-2-21-15(19)16(20,11-3-7-13(17)8-4-11)12-5-9-14(18)10-6-12;/h3-10,20H,2H2,1H3;1H. The second kappa shape index (κ2) is 7.84. The summed E-state index contributed by atoms with van der Waals surface area (Å²) in [5.41, 5.74) is -1.13. The molecular formula is C16H15Cl3O3. The zero-order chi connectivity index (χ0) is 15.5. The van der Waals surface area contributed by atoms with Crippen molar-refractivity contribution in [2.24, 2.45) is 0 Å². The van der Waals surface area contributed by atoms with Crippen LogP contribution in [0.4, 0.5) is 0 Å². The third kappa shape index (κ3) is 3.73. The topological polar surface area (TPSA) is 46.5 Å². The molecule has 3 nitrogen and oxygen atoms in total. The van der Waals surface area contributed by atoms with Gasteiger partial charge in [-0.2, -0.15) is 0 Å². The zero-order valence-corrected chi connectivity index (χ0v) is 14.1. The summed E-state index contributed by atoms with van der Waals surface area (Å²) in [6.07, 6.45) is 0. The second-order valence-corrected chi connectivity index (χ2v) is 5.32. The van der Waals surface area contributed by atoms with E-state index in [0.717, 1.165) is 0 Å². The molecule has 0 spiro atoms. The van der Waals surface area contributed by atoms with Crippen molar-refractivity contribution >= 4 is 41.6 Å². The Balaban J connectivity index is 0.00000242. The van der Waals surface area contributed by atoms with E-state index in [-0.39, 0.29) is 19.0 Å². The average Bonchev–Trinajstić information content (AvgIpc) is 2.48. The van der Waals surface area contributed by atoms with Crippen molar-refractivity contribution in [1.29, 1.82) is 0 Å². The summed E-state index contributed by atoms with van der Waals surface area (Å²) in [6, 6.07) is 12.8. The van der Waals surface area contributed by atoms with Crippen LogP contribution in [0.15, 0.2) is 48.5 Å². The molecule has 2 aromatic carbocycles. The Morgan fingerprint density at radius 3 is 1.68 bits per heavy atom. The fourth-order valence-electron chi connectivity index (χ4n) is 2.02. The summed E-state index contributed by atoms with van der Waals surface area (Å²) in [6.45, 7) is 1.85. The summed E-state index contributed by atoms with van der Waals surface area (Å²) < 4.78 is 5.02. The van der Waals surface area contributed by atoms with E-state index in [1.54, 1.807) is 55.5 Å². The molecule has 0 aliphatic carbocycles. The Morgan fingerprint density at radius 2 is 1.36 bits per heavy atom. The highest BCUT2D eigenvalue weighted by molar-refractivity contribution is 6.30. The normalized spacial score (nSPS) is 10.7. The molecule has 0 fully saturated rings. The fourth-order valence-corrected chi connectivity index (χ4v) is 2.27. The van der Waals surface area contributed by atoms with Crippen LogP contribution >= 0.6 is 35.6 Å². The minimum Gasteiger partial charge on any atom is -0.463 e. The molecule has 22 heavy (non-hydrogen) atoms. The number of carbonyl (C=O) groups is 1. The predicted octanol–water partition coefficient (Wildman–Crippen LogP) is 4.21. The Hall–Kier alpha value is -1.26. The van der Waals surface area contributed by atoms with Gasteiger partial charge < -0.3 is 9.84 Å². The third-order valence-corrected chi connectivity index (χ3v) is 3.60. The van der Waals surface area contributed by atoms with Crippen molar-refractivity contribution in [2.75, 3.05) is 6.61 Å². The maximum absolute atomic E-state index is 12.3. The van der Waals surface area contributed by atoms with Crippen molar-refractivity contribution in [1.82, 2.24) is 0 Å². The molecule has 0 saturated heterocycles. The first-order valence-electron chi connectivity index (χ1n) is 6.40. The highest BCUT2D eigenvalue weighted by Crippen LogP contribution is 2.32. The second-order valence-electron chi connectivity index (χ2n) is 4.44. The number of benzene rings is 2. The minimum absolute atomic E-state index is 0. The van der Waals surface area contributed by atoms with Crippen LogP contribution in [0, 0.1) is 0 Å². The molecule has 0 radical (unpaired) electrons. The van der Waals surface area contributed by atoms with E-state index < -0.39 is 11.6 Å². The molecule has 118 valence electrons. The Kier molecular flexibility index (Phi) is 6.69. The van der Waals surface area contributed by atoms with Gasteiger partial charge in [-0.15, -0.1) is 12.4 Å². The van der Waals surface area contributed by atoms with Gasteiger partial charge in [0.15, 0.2) is 0 Å². The Bertz CT molecular complexity index is 579. The molecule has 0 aromatic heterocycles. The first-order chi connectivity index (χ1) is 9.98. The number of ether oxygens (including phenoxy) is 1. The van der Waals surface area contributed by atoms with E-state index in [1.807, 2.05) is 0 Å². The van der Waals surface area contributed by atoms with Gasteiger partial charge >= 0.3 is 5.97 Å². The van der Waals surface area contributed by atoms with E-state index in [2.05, 4.69) is 0 Å². The van der Waals surface area contributed by atoms with Crippen LogP contribution in [-0.4, -0.2) is 17.7 Å². The fraction of sp³-hybridized carbons (Fsp3) is 0.188. The molecule has 2 rings (SSSR count).